The van der Waals surface area contributed by atoms with E-state index >= 15 is 0 Å². The van der Waals surface area contributed by atoms with Crippen molar-refractivity contribution in [3.05, 3.63) is 137 Å². The molecule has 0 unspecified atom stereocenters. The lowest BCUT2D eigenvalue weighted by atomic mass is 9.81. The van der Waals surface area contributed by atoms with Crippen molar-refractivity contribution in [2.45, 2.75) is 70.6 Å². The number of ether oxygens (including phenoxy) is 1. The molecule has 2 N–H and O–H groups in total. The molecule has 55 heavy (non-hydrogen) atoms. The van der Waals surface area contributed by atoms with E-state index in [9.17, 15) is 8.42 Å². The molecule has 0 saturated carbocycles. The summed E-state index contributed by atoms with van der Waals surface area (Å²) >= 11 is 0.589. The number of para-hydroxylation sites is 3. The molecule has 292 valence electrons. The Morgan fingerprint density at radius 3 is 2.35 bits per heavy atom. The molecule has 0 aromatic heterocycles. The second-order valence-electron chi connectivity index (χ2n) is 14.7. The van der Waals surface area contributed by atoms with Gasteiger partial charge in [-0.3, -0.25) is 8.74 Å². The number of nitrogens with zero attached hydrogens (tertiary/aromatic N) is 2. The summed E-state index contributed by atoms with van der Waals surface area (Å²) in [6, 6.07) is 26.6. The second kappa shape index (κ2) is 17.8. The van der Waals surface area contributed by atoms with Gasteiger partial charge in [-0.25, -0.2) is 9.44 Å². The minimum atomic E-state index is -4.51. The highest BCUT2D eigenvalue weighted by molar-refractivity contribution is 7.89. The first-order valence-electron chi connectivity index (χ1n) is 18.5. The van der Waals surface area contributed by atoms with Gasteiger partial charge in [0.25, 0.3) is 0 Å². The number of hydrogen-bond acceptors (Lipinski definition) is 10. The van der Waals surface area contributed by atoms with E-state index in [4.69, 9.17) is 18.7 Å². The van der Waals surface area contributed by atoms with Crippen LogP contribution in [0.15, 0.2) is 126 Å². The maximum absolute atomic E-state index is 11.2. The number of fused-ring (bicyclic) bond motifs is 2. The van der Waals surface area contributed by atoms with Gasteiger partial charge in [-0.1, -0.05) is 79.6 Å². The molecule has 3 aromatic rings. The molecule has 0 radical (unpaired) electrons. The fraction of sp³-hybridized carbons (Fsp3) is 0.357. The molecule has 11 nitrogen and oxygen atoms in total. The van der Waals surface area contributed by atoms with Gasteiger partial charge in [0.15, 0.2) is 24.6 Å². The second-order valence-corrected chi connectivity index (χ2v) is 16.3. The number of hydrogen-bond donors (Lipinski definition) is 2. The van der Waals surface area contributed by atoms with E-state index in [1.807, 2.05) is 42.5 Å². The summed E-state index contributed by atoms with van der Waals surface area (Å²) in [6.45, 7) is 10.4. The minimum absolute atomic E-state index is 0.125. The molecule has 2 aliphatic heterocycles. The van der Waals surface area contributed by atoms with Gasteiger partial charge in [-0.05, 0) is 86.6 Å². The van der Waals surface area contributed by atoms with Gasteiger partial charge >= 0.3 is 10.4 Å². The van der Waals surface area contributed by atoms with Crippen LogP contribution in [0.3, 0.4) is 0 Å². The normalized spacial score (nSPS) is 19.2. The molecule has 0 spiro atoms. The molecule has 0 atom stereocenters. The van der Waals surface area contributed by atoms with Crippen molar-refractivity contribution < 1.29 is 45.3 Å². The van der Waals surface area contributed by atoms with Gasteiger partial charge in [0.05, 0.1) is 18.6 Å². The van der Waals surface area contributed by atoms with E-state index < -0.39 is 10.4 Å². The fourth-order valence-corrected chi connectivity index (χ4v) is 8.39. The molecular formula is C42H49N2O9S2+. The number of allylic oxidation sites excluding steroid dienone is 7. The molecule has 3 aliphatic rings. The van der Waals surface area contributed by atoms with Crippen LogP contribution in [0.2, 0.25) is 0 Å². The minimum Gasteiger partial charge on any atom is -0.457 e. The maximum atomic E-state index is 11.2. The zero-order valence-corrected chi connectivity index (χ0v) is 33.3. The number of rotatable bonds is 17. The zero-order valence-electron chi connectivity index (χ0n) is 31.6. The molecule has 3 aromatic carbocycles. The third kappa shape index (κ3) is 9.50. The summed E-state index contributed by atoms with van der Waals surface area (Å²) in [4.78, 5) is 2.22. The van der Waals surface area contributed by atoms with E-state index in [0.717, 1.165) is 59.0 Å². The van der Waals surface area contributed by atoms with E-state index in [0.29, 0.717) is 44.9 Å². The molecule has 0 saturated heterocycles. The Labute approximate surface area is 328 Å². The Morgan fingerprint density at radius 1 is 0.855 bits per heavy atom. The van der Waals surface area contributed by atoms with Crippen LogP contribution in [0.1, 0.15) is 70.9 Å². The highest BCUT2D eigenvalue weighted by Gasteiger charge is 2.44. The predicted octanol–water partition coefficient (Wildman–Crippen LogP) is 9.34. The Hall–Kier alpha value is -4.05. The first-order chi connectivity index (χ1) is 26.4. The van der Waals surface area contributed by atoms with Crippen molar-refractivity contribution >= 4 is 39.8 Å². The van der Waals surface area contributed by atoms with Crippen LogP contribution in [0, 0.1) is 0 Å². The lowest BCUT2D eigenvalue weighted by molar-refractivity contribution is -0.439. The summed E-state index contributed by atoms with van der Waals surface area (Å²) in [7, 11) is -4.51. The highest BCUT2D eigenvalue weighted by Crippen LogP contribution is 2.48. The van der Waals surface area contributed by atoms with Crippen LogP contribution < -0.4 is 9.64 Å². The summed E-state index contributed by atoms with van der Waals surface area (Å²) < 4.78 is 55.0. The largest absolute Gasteiger partial charge is 0.457 e. The van der Waals surface area contributed by atoms with E-state index in [-0.39, 0.29) is 17.4 Å². The van der Waals surface area contributed by atoms with Crippen molar-refractivity contribution in [1.29, 1.82) is 0 Å². The molecule has 0 fully saturated rings. The van der Waals surface area contributed by atoms with Gasteiger partial charge in [0, 0.05) is 47.5 Å². The van der Waals surface area contributed by atoms with Crippen LogP contribution in [0.25, 0.3) is 0 Å². The monoisotopic (exact) mass is 789 g/mol. The van der Waals surface area contributed by atoms with Crippen molar-refractivity contribution in [3.8, 4) is 5.75 Å². The molecule has 0 bridgehead atoms. The van der Waals surface area contributed by atoms with E-state index in [1.54, 1.807) is 0 Å². The Bertz CT molecular complexity index is 2110. The molecular weight excluding hydrogens is 741 g/mol. The maximum Gasteiger partial charge on any atom is 0.397 e. The van der Waals surface area contributed by atoms with Crippen molar-refractivity contribution in [2.75, 3.05) is 31.2 Å². The molecule has 0 amide bonds. The number of benzene rings is 3. The van der Waals surface area contributed by atoms with Crippen LogP contribution in [0.5, 0.6) is 5.75 Å². The standard InChI is InChI=1S/C42H48N2O9S2/c1-41(2)34-19-8-10-21-36(34)43(27-13-29-49-54-53-52-45)38(41)25-23-31-15-12-16-32(40(31)51-33-17-6-5-7-18-33)24-26-39-42(3,4)35-20-9-11-22-37(35)44(39)28-14-30-50-55(46,47)48/h5-11,17-26H,12-16,27-30H2,1-4H3,(H-,45,46,47,48)/p+1. The lowest BCUT2D eigenvalue weighted by Crippen LogP contribution is -2.28. The quantitative estimate of drug-likeness (QED) is 0.0339. The zero-order chi connectivity index (χ0) is 39.1. The summed E-state index contributed by atoms with van der Waals surface area (Å²) in [5.41, 5.74) is 8.50. The van der Waals surface area contributed by atoms with Gasteiger partial charge in [-0.2, -0.15) is 13.0 Å². The summed E-state index contributed by atoms with van der Waals surface area (Å²) in [6.07, 6.45) is 12.5. The van der Waals surface area contributed by atoms with Crippen LogP contribution in [-0.4, -0.2) is 54.8 Å². The predicted molar refractivity (Wildman–Crippen MR) is 214 cm³/mol. The van der Waals surface area contributed by atoms with Crippen molar-refractivity contribution in [2.24, 2.45) is 0 Å². The Morgan fingerprint density at radius 2 is 1.58 bits per heavy atom. The topological polar surface area (TPSA) is 127 Å². The third-order valence-electron chi connectivity index (χ3n) is 10.4. The smallest absolute Gasteiger partial charge is 0.397 e. The summed E-state index contributed by atoms with van der Waals surface area (Å²) in [5.74, 6) is 1.60. The Kier molecular flexibility index (Phi) is 13.2. The Balaban J connectivity index is 1.37. The van der Waals surface area contributed by atoms with Gasteiger partial charge in [0.2, 0.25) is 5.69 Å². The van der Waals surface area contributed by atoms with Gasteiger partial charge < -0.3 is 9.64 Å². The van der Waals surface area contributed by atoms with Crippen molar-refractivity contribution in [1.82, 2.24) is 0 Å². The highest BCUT2D eigenvalue weighted by atomic mass is 32.3. The lowest BCUT2D eigenvalue weighted by Gasteiger charge is -2.27. The van der Waals surface area contributed by atoms with Gasteiger partial charge in [-0.15, -0.1) is 4.33 Å². The average Bonchev–Trinajstić information content (AvgIpc) is 3.51. The summed E-state index contributed by atoms with van der Waals surface area (Å²) in [5, 5.41) is 12.0. The SMILES string of the molecule is CC1(C)C(=CC=C2CCCC(C=CC3=[N+](CCCOSOOO)c4ccccc4C3(C)C)=C2Oc2ccccc2)N(CCCOS(=O)(=O)O)c2ccccc21. The van der Waals surface area contributed by atoms with Gasteiger partial charge in [0.1, 0.15) is 11.5 Å². The molecule has 2 heterocycles. The van der Waals surface area contributed by atoms with E-state index in [1.165, 1.54) is 16.8 Å². The third-order valence-corrected chi connectivity index (χ3v) is 11.2. The number of anilines is 1. The van der Waals surface area contributed by atoms with Crippen LogP contribution in [0.4, 0.5) is 11.4 Å². The van der Waals surface area contributed by atoms with E-state index in [2.05, 4.69) is 111 Å². The first kappa shape index (κ1) is 40.6. The average molecular weight is 790 g/mol. The first-order valence-corrected chi connectivity index (χ1v) is 20.5. The van der Waals surface area contributed by atoms with Crippen LogP contribution >= 0.6 is 12.3 Å². The van der Waals surface area contributed by atoms with Crippen molar-refractivity contribution in [3.63, 3.8) is 0 Å². The molecule has 1 aliphatic carbocycles. The molecule has 6 rings (SSSR count). The fourth-order valence-electron chi connectivity index (χ4n) is 7.82. The molecule has 13 heteroatoms. The van der Waals surface area contributed by atoms with Crippen LogP contribution in [-0.2, 0) is 39.0 Å².